The van der Waals surface area contributed by atoms with Gasteiger partial charge in [0.15, 0.2) is 0 Å². The fourth-order valence-electron chi connectivity index (χ4n) is 2.82. The Bertz CT molecular complexity index is 418. The van der Waals surface area contributed by atoms with Gasteiger partial charge >= 0.3 is 5.97 Å². The first kappa shape index (κ1) is 12.6. The second-order valence-electron chi connectivity index (χ2n) is 4.92. The fourth-order valence-corrected chi connectivity index (χ4v) is 2.82. The highest BCUT2D eigenvalue weighted by Crippen LogP contribution is 2.39. The third-order valence-electron chi connectivity index (χ3n) is 3.77. The van der Waals surface area contributed by atoms with Gasteiger partial charge in [0.1, 0.15) is 5.92 Å². The molecule has 7 nitrogen and oxygen atoms in total. The molecule has 7 heteroatoms. The van der Waals surface area contributed by atoms with E-state index < -0.39 is 30.0 Å². The lowest BCUT2D eigenvalue weighted by atomic mass is 9.82. The van der Waals surface area contributed by atoms with Crippen LogP contribution in [0.4, 0.5) is 0 Å². The smallest absolute Gasteiger partial charge is 0.310 e. The predicted molar refractivity (Wildman–Crippen MR) is 63.0 cm³/mol. The molecular formula is C12H16N2O5. The number of aliphatic carboxylic acids is 1. The molecule has 0 unspecified atom stereocenters. The van der Waals surface area contributed by atoms with Gasteiger partial charge in [-0.25, -0.2) is 5.01 Å². The standard InChI is InChI=1S/C12H16N2O5/c15-11(13-14-3-5-18-6-4-14)9-7-1-2-8(19-7)10(9)12(16)17/h1-2,7-10H,3-6H2,(H,13,15)(H,16,17)/t7-,8-,9+,10+/m1/s1. The highest BCUT2D eigenvalue weighted by molar-refractivity contribution is 5.87. The van der Waals surface area contributed by atoms with Crippen molar-refractivity contribution in [2.24, 2.45) is 11.8 Å². The molecule has 2 bridgehead atoms. The number of fused-ring (bicyclic) bond motifs is 2. The van der Waals surface area contributed by atoms with Crippen LogP contribution in [-0.4, -0.2) is 60.5 Å². The summed E-state index contributed by atoms with van der Waals surface area (Å²) in [6, 6.07) is 0. The molecule has 0 radical (unpaired) electrons. The number of ether oxygens (including phenoxy) is 2. The number of nitrogens with zero attached hydrogens (tertiary/aromatic N) is 1. The van der Waals surface area contributed by atoms with Gasteiger partial charge in [-0.15, -0.1) is 0 Å². The fraction of sp³-hybridized carbons (Fsp3) is 0.667. The molecule has 1 amide bonds. The van der Waals surface area contributed by atoms with Crippen molar-refractivity contribution in [3.63, 3.8) is 0 Å². The van der Waals surface area contributed by atoms with Crippen LogP contribution in [0.25, 0.3) is 0 Å². The Balaban J connectivity index is 1.68. The zero-order chi connectivity index (χ0) is 13.4. The van der Waals surface area contributed by atoms with Gasteiger partial charge in [0, 0.05) is 13.1 Å². The van der Waals surface area contributed by atoms with E-state index in [0.29, 0.717) is 26.3 Å². The van der Waals surface area contributed by atoms with E-state index in [-0.39, 0.29) is 5.91 Å². The second-order valence-corrected chi connectivity index (χ2v) is 4.92. The summed E-state index contributed by atoms with van der Waals surface area (Å²) in [6.45, 7) is 2.35. The first-order valence-electron chi connectivity index (χ1n) is 6.36. The van der Waals surface area contributed by atoms with Crippen molar-refractivity contribution >= 4 is 11.9 Å². The number of amides is 1. The maximum absolute atomic E-state index is 12.2. The second kappa shape index (κ2) is 4.92. The van der Waals surface area contributed by atoms with Crippen molar-refractivity contribution in [3.05, 3.63) is 12.2 Å². The minimum absolute atomic E-state index is 0.286. The highest BCUT2D eigenvalue weighted by atomic mass is 16.5. The number of rotatable bonds is 3. The van der Waals surface area contributed by atoms with Crippen molar-refractivity contribution in [2.45, 2.75) is 12.2 Å². The maximum atomic E-state index is 12.2. The normalized spacial score (nSPS) is 37.5. The van der Waals surface area contributed by atoms with Gasteiger partial charge in [0.05, 0.1) is 31.3 Å². The minimum atomic E-state index is -0.987. The van der Waals surface area contributed by atoms with Crippen LogP contribution in [0.5, 0.6) is 0 Å². The van der Waals surface area contributed by atoms with Crippen LogP contribution in [0.1, 0.15) is 0 Å². The Labute approximate surface area is 110 Å². The first-order chi connectivity index (χ1) is 9.16. The van der Waals surface area contributed by atoms with E-state index in [2.05, 4.69) is 5.43 Å². The molecule has 0 aromatic carbocycles. The minimum Gasteiger partial charge on any atom is -0.481 e. The number of carboxylic acids is 1. The zero-order valence-corrected chi connectivity index (χ0v) is 10.3. The van der Waals surface area contributed by atoms with E-state index in [1.54, 1.807) is 17.2 Å². The van der Waals surface area contributed by atoms with Crippen molar-refractivity contribution in [3.8, 4) is 0 Å². The van der Waals surface area contributed by atoms with Crippen LogP contribution < -0.4 is 5.43 Å². The van der Waals surface area contributed by atoms with Crippen LogP contribution in [-0.2, 0) is 19.1 Å². The number of morpholine rings is 1. The number of carboxylic acid groups (broad SMARTS) is 1. The topological polar surface area (TPSA) is 88.1 Å². The van der Waals surface area contributed by atoms with Crippen LogP contribution in [0.15, 0.2) is 12.2 Å². The van der Waals surface area contributed by atoms with E-state index in [1.165, 1.54) is 0 Å². The van der Waals surface area contributed by atoms with E-state index in [9.17, 15) is 14.7 Å². The third-order valence-corrected chi connectivity index (χ3v) is 3.77. The van der Waals surface area contributed by atoms with Crippen LogP contribution in [0.2, 0.25) is 0 Å². The lowest BCUT2D eigenvalue weighted by Crippen LogP contribution is -2.53. The molecular weight excluding hydrogens is 252 g/mol. The van der Waals surface area contributed by atoms with Crippen molar-refractivity contribution in [2.75, 3.05) is 26.3 Å². The number of hydrogen-bond acceptors (Lipinski definition) is 5. The number of hydrogen-bond donors (Lipinski definition) is 2. The number of carbonyl (C=O) groups is 2. The zero-order valence-electron chi connectivity index (χ0n) is 10.3. The van der Waals surface area contributed by atoms with Crippen LogP contribution in [0, 0.1) is 11.8 Å². The molecule has 3 aliphatic rings. The van der Waals surface area contributed by atoms with E-state index >= 15 is 0 Å². The average Bonchev–Trinajstić information content (AvgIpc) is 2.99. The van der Waals surface area contributed by atoms with E-state index in [1.807, 2.05) is 0 Å². The van der Waals surface area contributed by atoms with Gasteiger partial charge in [-0.3, -0.25) is 15.0 Å². The molecule has 0 spiro atoms. The van der Waals surface area contributed by atoms with E-state index in [0.717, 1.165) is 0 Å². The van der Waals surface area contributed by atoms with Gasteiger partial charge in [0.2, 0.25) is 5.91 Å². The molecule has 0 aliphatic carbocycles. The quantitative estimate of drug-likeness (QED) is 0.639. The summed E-state index contributed by atoms with van der Waals surface area (Å²) >= 11 is 0. The largest absolute Gasteiger partial charge is 0.481 e. The summed E-state index contributed by atoms with van der Waals surface area (Å²) in [5, 5.41) is 11.0. The summed E-state index contributed by atoms with van der Waals surface area (Å²) in [6.07, 6.45) is 2.59. The number of hydrazine groups is 1. The molecule has 2 N–H and O–H groups in total. The molecule has 0 saturated carbocycles. The molecule has 3 aliphatic heterocycles. The molecule has 2 saturated heterocycles. The Morgan fingerprint density at radius 1 is 1.16 bits per heavy atom. The Morgan fingerprint density at radius 2 is 1.79 bits per heavy atom. The first-order valence-corrected chi connectivity index (χ1v) is 6.36. The molecule has 3 heterocycles. The average molecular weight is 268 g/mol. The summed E-state index contributed by atoms with van der Waals surface area (Å²) in [5.74, 6) is -2.73. The van der Waals surface area contributed by atoms with Crippen molar-refractivity contribution < 1.29 is 24.2 Å². The van der Waals surface area contributed by atoms with Crippen molar-refractivity contribution in [1.29, 1.82) is 0 Å². The number of nitrogens with one attached hydrogen (secondary N) is 1. The molecule has 3 rings (SSSR count). The van der Waals surface area contributed by atoms with Gasteiger partial charge in [-0.2, -0.15) is 0 Å². The summed E-state index contributed by atoms with van der Waals surface area (Å²) in [7, 11) is 0. The summed E-state index contributed by atoms with van der Waals surface area (Å²) < 4.78 is 10.7. The predicted octanol–water partition coefficient (Wildman–Crippen LogP) is -0.996. The molecule has 4 atom stereocenters. The molecule has 2 fully saturated rings. The summed E-state index contributed by atoms with van der Waals surface area (Å²) in [4.78, 5) is 23.5. The Morgan fingerprint density at radius 3 is 2.42 bits per heavy atom. The third kappa shape index (κ3) is 2.24. The molecule has 19 heavy (non-hydrogen) atoms. The monoisotopic (exact) mass is 268 g/mol. The SMILES string of the molecule is O=C(O)[C@@H]1[C@@H](C(=O)NN2CCOCC2)[C@H]2C=C[C@H]1O2. The lowest BCUT2D eigenvalue weighted by molar-refractivity contribution is -0.148. The molecule has 0 aromatic rings. The number of carbonyl (C=O) groups excluding carboxylic acids is 1. The van der Waals surface area contributed by atoms with Gasteiger partial charge < -0.3 is 14.6 Å². The lowest BCUT2D eigenvalue weighted by Gasteiger charge is -2.29. The Hall–Kier alpha value is -1.44. The summed E-state index contributed by atoms with van der Waals surface area (Å²) in [5.41, 5.74) is 2.77. The van der Waals surface area contributed by atoms with Crippen LogP contribution in [0.3, 0.4) is 0 Å². The van der Waals surface area contributed by atoms with Gasteiger partial charge in [-0.05, 0) is 0 Å². The molecule has 0 aromatic heterocycles. The maximum Gasteiger partial charge on any atom is 0.310 e. The Kier molecular flexibility index (Phi) is 3.26. The van der Waals surface area contributed by atoms with Gasteiger partial charge in [-0.1, -0.05) is 12.2 Å². The molecule has 104 valence electrons. The highest BCUT2D eigenvalue weighted by Gasteiger charge is 2.53. The van der Waals surface area contributed by atoms with Crippen LogP contribution >= 0.6 is 0 Å². The van der Waals surface area contributed by atoms with E-state index in [4.69, 9.17) is 9.47 Å². The van der Waals surface area contributed by atoms with Crippen molar-refractivity contribution in [1.82, 2.24) is 10.4 Å². The van der Waals surface area contributed by atoms with Gasteiger partial charge in [0.25, 0.3) is 0 Å².